The van der Waals surface area contributed by atoms with Crippen molar-refractivity contribution in [2.75, 3.05) is 0 Å². The van der Waals surface area contributed by atoms with Gasteiger partial charge in [0.1, 0.15) is 0 Å². The number of hydrogen-bond acceptors (Lipinski definition) is 2. The Bertz CT molecular complexity index is 766. The maximum absolute atomic E-state index is 6.47. The van der Waals surface area contributed by atoms with Crippen LogP contribution in [0.3, 0.4) is 0 Å². The molecule has 4 heteroatoms. The van der Waals surface area contributed by atoms with E-state index < -0.39 is 0 Å². The summed E-state index contributed by atoms with van der Waals surface area (Å²) in [5, 5.41) is 2.24. The molecule has 0 fully saturated rings. The summed E-state index contributed by atoms with van der Waals surface area (Å²) in [6, 6.07) is 14.0. The largest absolute Gasteiger partial charge is 0.320 e. The highest BCUT2D eigenvalue weighted by Gasteiger charge is 2.15. The fraction of sp³-hybridized carbons (Fsp3) is 0.0625. The Hall–Kier alpha value is -1.23. The number of rotatable bonds is 2. The number of aromatic nitrogens is 1. The van der Waals surface area contributed by atoms with Crippen LogP contribution in [0.4, 0.5) is 0 Å². The maximum Gasteiger partial charge on any atom is 0.0569 e. The van der Waals surface area contributed by atoms with Crippen LogP contribution < -0.4 is 5.73 Å². The minimum Gasteiger partial charge on any atom is -0.320 e. The number of fused-ring (bicyclic) bond motifs is 1. The molecule has 2 aromatic carbocycles. The molecule has 3 rings (SSSR count). The number of nitrogens with zero attached hydrogens (tertiary/aromatic N) is 1. The standard InChI is InChI=1S/C16H12Br2N2/c17-11-4-5-15(18)13(8-11)16(19)12-3-1-2-10-6-7-20-9-14(10)12/h1-9,16H,19H2. The van der Waals surface area contributed by atoms with E-state index in [-0.39, 0.29) is 6.04 Å². The molecule has 1 heterocycles. The van der Waals surface area contributed by atoms with Crippen molar-refractivity contribution < 1.29 is 0 Å². The summed E-state index contributed by atoms with van der Waals surface area (Å²) in [5.74, 6) is 0. The lowest BCUT2D eigenvalue weighted by Crippen LogP contribution is -2.13. The zero-order valence-electron chi connectivity index (χ0n) is 10.6. The van der Waals surface area contributed by atoms with E-state index in [9.17, 15) is 0 Å². The molecule has 3 aromatic rings. The van der Waals surface area contributed by atoms with Crippen molar-refractivity contribution in [2.24, 2.45) is 5.73 Å². The zero-order chi connectivity index (χ0) is 14.1. The van der Waals surface area contributed by atoms with Gasteiger partial charge in [0.25, 0.3) is 0 Å². The fourth-order valence-corrected chi connectivity index (χ4v) is 3.20. The number of halogens is 2. The average molecular weight is 392 g/mol. The van der Waals surface area contributed by atoms with Crippen molar-refractivity contribution in [1.29, 1.82) is 0 Å². The van der Waals surface area contributed by atoms with Crippen LogP contribution in [0.15, 0.2) is 63.8 Å². The SMILES string of the molecule is NC(c1cc(Br)ccc1Br)c1cccc2ccncc12. The van der Waals surface area contributed by atoms with Crippen molar-refractivity contribution in [2.45, 2.75) is 6.04 Å². The second-order valence-corrected chi connectivity index (χ2v) is 6.36. The van der Waals surface area contributed by atoms with Crippen molar-refractivity contribution in [3.05, 3.63) is 74.9 Å². The molecule has 0 aliphatic heterocycles. The molecular weight excluding hydrogens is 380 g/mol. The van der Waals surface area contributed by atoms with Gasteiger partial charge in [-0.05, 0) is 40.8 Å². The van der Waals surface area contributed by atoms with Gasteiger partial charge in [-0.3, -0.25) is 4.98 Å². The van der Waals surface area contributed by atoms with E-state index in [2.05, 4.69) is 49.0 Å². The number of hydrogen-bond donors (Lipinski definition) is 1. The summed E-state index contributed by atoms with van der Waals surface area (Å²) in [6.45, 7) is 0. The fourth-order valence-electron chi connectivity index (χ4n) is 2.33. The molecule has 0 spiro atoms. The van der Waals surface area contributed by atoms with Crippen molar-refractivity contribution >= 4 is 42.6 Å². The third-order valence-electron chi connectivity index (χ3n) is 3.35. The van der Waals surface area contributed by atoms with Gasteiger partial charge < -0.3 is 5.73 Å². The summed E-state index contributed by atoms with van der Waals surface area (Å²) in [4.78, 5) is 4.21. The summed E-state index contributed by atoms with van der Waals surface area (Å²) in [5.41, 5.74) is 8.60. The zero-order valence-corrected chi connectivity index (χ0v) is 13.7. The van der Waals surface area contributed by atoms with Gasteiger partial charge in [0.15, 0.2) is 0 Å². The van der Waals surface area contributed by atoms with E-state index in [4.69, 9.17) is 5.73 Å². The van der Waals surface area contributed by atoms with Crippen LogP contribution in [-0.2, 0) is 0 Å². The second kappa shape index (κ2) is 5.64. The number of pyridine rings is 1. The highest BCUT2D eigenvalue weighted by molar-refractivity contribution is 9.11. The Morgan fingerprint density at radius 2 is 1.85 bits per heavy atom. The summed E-state index contributed by atoms with van der Waals surface area (Å²) in [7, 11) is 0. The van der Waals surface area contributed by atoms with Crippen LogP contribution in [0.1, 0.15) is 17.2 Å². The van der Waals surface area contributed by atoms with Crippen molar-refractivity contribution in [1.82, 2.24) is 4.98 Å². The Morgan fingerprint density at radius 3 is 2.70 bits per heavy atom. The van der Waals surface area contributed by atoms with E-state index in [0.29, 0.717) is 0 Å². The lowest BCUT2D eigenvalue weighted by Gasteiger charge is -2.17. The molecule has 0 radical (unpaired) electrons. The highest BCUT2D eigenvalue weighted by atomic mass is 79.9. The van der Waals surface area contributed by atoms with E-state index >= 15 is 0 Å². The van der Waals surface area contributed by atoms with Gasteiger partial charge in [0, 0.05) is 26.7 Å². The quantitative estimate of drug-likeness (QED) is 0.680. The predicted octanol–water partition coefficient (Wildman–Crippen LogP) is 4.81. The average Bonchev–Trinajstić information content (AvgIpc) is 2.48. The predicted molar refractivity (Wildman–Crippen MR) is 89.6 cm³/mol. The first kappa shape index (κ1) is 13.7. The summed E-state index contributed by atoms with van der Waals surface area (Å²) in [6.07, 6.45) is 3.67. The first-order chi connectivity index (χ1) is 9.66. The van der Waals surface area contributed by atoms with Gasteiger partial charge in [-0.15, -0.1) is 0 Å². The summed E-state index contributed by atoms with van der Waals surface area (Å²) >= 11 is 7.07. The monoisotopic (exact) mass is 390 g/mol. The molecule has 0 bridgehead atoms. The smallest absolute Gasteiger partial charge is 0.0569 e. The Balaban J connectivity index is 2.17. The van der Waals surface area contributed by atoms with E-state index in [1.54, 1.807) is 6.20 Å². The van der Waals surface area contributed by atoms with Crippen LogP contribution in [0.25, 0.3) is 10.8 Å². The van der Waals surface area contributed by atoms with Crippen LogP contribution in [-0.4, -0.2) is 4.98 Å². The molecule has 2 N–H and O–H groups in total. The van der Waals surface area contributed by atoms with Crippen LogP contribution in [0, 0.1) is 0 Å². The molecule has 20 heavy (non-hydrogen) atoms. The van der Waals surface area contributed by atoms with Gasteiger partial charge in [0.2, 0.25) is 0 Å². The number of benzene rings is 2. The van der Waals surface area contributed by atoms with Gasteiger partial charge in [-0.2, -0.15) is 0 Å². The molecular formula is C16H12Br2N2. The van der Waals surface area contributed by atoms with Gasteiger partial charge in [-0.25, -0.2) is 0 Å². The Kier molecular flexibility index (Phi) is 3.87. The molecule has 0 amide bonds. The van der Waals surface area contributed by atoms with E-state index in [1.165, 1.54) is 0 Å². The first-order valence-corrected chi connectivity index (χ1v) is 7.78. The Labute approximate surface area is 134 Å². The molecule has 2 nitrogen and oxygen atoms in total. The lowest BCUT2D eigenvalue weighted by molar-refractivity contribution is 0.873. The maximum atomic E-state index is 6.47. The molecule has 1 atom stereocenters. The molecule has 0 aliphatic rings. The molecule has 100 valence electrons. The molecule has 0 saturated heterocycles. The van der Waals surface area contributed by atoms with Gasteiger partial charge in [0.05, 0.1) is 6.04 Å². The normalized spacial score (nSPS) is 12.6. The highest BCUT2D eigenvalue weighted by Crippen LogP contribution is 2.32. The second-order valence-electron chi connectivity index (χ2n) is 4.59. The number of nitrogens with two attached hydrogens (primary N) is 1. The summed E-state index contributed by atoms with van der Waals surface area (Å²) < 4.78 is 2.03. The first-order valence-electron chi connectivity index (χ1n) is 6.20. The molecule has 1 unspecified atom stereocenters. The van der Waals surface area contributed by atoms with Crippen molar-refractivity contribution in [3.8, 4) is 0 Å². The molecule has 0 saturated carbocycles. The minimum atomic E-state index is -0.199. The van der Waals surface area contributed by atoms with Crippen LogP contribution in [0.5, 0.6) is 0 Å². The molecule has 0 aliphatic carbocycles. The van der Waals surface area contributed by atoms with Gasteiger partial charge in [-0.1, -0.05) is 50.1 Å². The third-order valence-corrected chi connectivity index (χ3v) is 4.56. The van der Waals surface area contributed by atoms with E-state index in [0.717, 1.165) is 30.8 Å². The van der Waals surface area contributed by atoms with Crippen LogP contribution in [0.2, 0.25) is 0 Å². The minimum absolute atomic E-state index is 0.199. The van der Waals surface area contributed by atoms with Crippen molar-refractivity contribution in [3.63, 3.8) is 0 Å². The van der Waals surface area contributed by atoms with Gasteiger partial charge >= 0.3 is 0 Å². The van der Waals surface area contributed by atoms with E-state index in [1.807, 2.05) is 36.5 Å². The Morgan fingerprint density at radius 1 is 1.00 bits per heavy atom. The molecule has 1 aromatic heterocycles. The topological polar surface area (TPSA) is 38.9 Å². The third kappa shape index (κ3) is 2.51. The lowest BCUT2D eigenvalue weighted by atomic mass is 9.95. The van der Waals surface area contributed by atoms with Crippen LogP contribution >= 0.6 is 31.9 Å².